The maximum atomic E-state index is 8.56. The summed E-state index contributed by atoms with van der Waals surface area (Å²) in [5.74, 6) is 0. The van der Waals surface area contributed by atoms with Crippen molar-refractivity contribution in [3.05, 3.63) is 83.0 Å². The molecule has 0 saturated heterocycles. The Morgan fingerprint density at radius 3 is 2.06 bits per heavy atom. The molecule has 0 bridgehead atoms. The van der Waals surface area contributed by atoms with Crippen molar-refractivity contribution in [2.75, 3.05) is 0 Å². The Morgan fingerprint density at radius 1 is 0.806 bits per heavy atom. The van der Waals surface area contributed by atoms with E-state index in [-0.39, 0.29) is 32.3 Å². The van der Waals surface area contributed by atoms with Gasteiger partial charge in [0.15, 0.2) is 0 Å². The van der Waals surface area contributed by atoms with Crippen LogP contribution in [0.25, 0.3) is 43.8 Å². The zero-order valence-corrected chi connectivity index (χ0v) is 24.1. The molecule has 2 N–H and O–H groups in total. The normalized spacial score (nSPS) is 12.7. The first-order valence-electron chi connectivity index (χ1n) is 12.1. The molecule has 4 nitrogen and oxygen atoms in total. The minimum Gasteiger partial charge on any atom is -0.393 e. The number of aryl methyl sites for hydroxylation is 4. The van der Waals surface area contributed by atoms with E-state index >= 15 is 0 Å². The van der Waals surface area contributed by atoms with Crippen LogP contribution in [0.5, 0.6) is 0 Å². The molecule has 5 heteroatoms. The molecule has 4 aromatic carbocycles. The van der Waals surface area contributed by atoms with E-state index in [9.17, 15) is 0 Å². The molecule has 0 amide bonds. The van der Waals surface area contributed by atoms with Crippen LogP contribution in [-0.4, -0.2) is 32.4 Å². The van der Waals surface area contributed by atoms with Gasteiger partial charge in [-0.3, -0.25) is 4.98 Å². The SMILES string of the molecule is CC(O)CC(C)O.Cc1c[c-]c2c3ncc(-c4ccccc4)nc3c3ccc(C)c(C)c3c2c1C.[Ir]. The van der Waals surface area contributed by atoms with Gasteiger partial charge in [-0.1, -0.05) is 61.7 Å². The van der Waals surface area contributed by atoms with Crippen molar-refractivity contribution in [2.24, 2.45) is 0 Å². The molecule has 5 rings (SSSR count). The fourth-order valence-electron chi connectivity index (χ4n) is 4.58. The number of aliphatic hydroxyl groups excluding tert-OH is 2. The third kappa shape index (κ3) is 5.50. The van der Waals surface area contributed by atoms with E-state index in [0.29, 0.717) is 6.42 Å². The van der Waals surface area contributed by atoms with Crippen LogP contribution in [0, 0.1) is 33.8 Å². The number of fused-ring (bicyclic) bond motifs is 6. The number of hydrogen-bond donors (Lipinski definition) is 2. The van der Waals surface area contributed by atoms with Crippen molar-refractivity contribution in [1.29, 1.82) is 0 Å². The minimum absolute atomic E-state index is 0. The summed E-state index contributed by atoms with van der Waals surface area (Å²) in [6.07, 6.45) is 1.60. The topological polar surface area (TPSA) is 66.2 Å². The van der Waals surface area contributed by atoms with Crippen LogP contribution in [0.2, 0.25) is 0 Å². The molecule has 0 aliphatic heterocycles. The number of benzene rings is 4. The molecule has 0 aliphatic carbocycles. The molecule has 2 atom stereocenters. The predicted molar refractivity (Wildman–Crippen MR) is 146 cm³/mol. The van der Waals surface area contributed by atoms with Crippen molar-refractivity contribution in [3.63, 3.8) is 0 Å². The summed E-state index contributed by atoms with van der Waals surface area (Å²) < 4.78 is 0. The quantitative estimate of drug-likeness (QED) is 0.166. The maximum Gasteiger partial charge on any atom is 0.0873 e. The van der Waals surface area contributed by atoms with Gasteiger partial charge in [-0.25, -0.2) is 0 Å². The summed E-state index contributed by atoms with van der Waals surface area (Å²) >= 11 is 0. The van der Waals surface area contributed by atoms with Gasteiger partial charge in [-0.2, -0.15) is 0 Å². The molecule has 189 valence electrons. The van der Waals surface area contributed by atoms with Gasteiger partial charge in [0.25, 0.3) is 0 Å². The molecule has 36 heavy (non-hydrogen) atoms. The predicted octanol–water partition coefficient (Wildman–Crippen LogP) is 6.77. The van der Waals surface area contributed by atoms with Crippen LogP contribution in [-0.2, 0) is 20.1 Å². The second-order valence-electron chi connectivity index (χ2n) is 9.53. The monoisotopic (exact) mass is 658 g/mol. The molecule has 5 aromatic rings. The van der Waals surface area contributed by atoms with Crippen molar-refractivity contribution >= 4 is 32.6 Å². The molecular weight excluding hydrogens is 625 g/mol. The summed E-state index contributed by atoms with van der Waals surface area (Å²) in [6.45, 7) is 12.0. The zero-order chi connectivity index (χ0) is 25.3. The Hall–Kier alpha value is -2.69. The van der Waals surface area contributed by atoms with Gasteiger partial charge >= 0.3 is 0 Å². The van der Waals surface area contributed by atoms with Crippen LogP contribution in [0.4, 0.5) is 0 Å². The van der Waals surface area contributed by atoms with Crippen LogP contribution in [0.1, 0.15) is 42.5 Å². The first-order chi connectivity index (χ1) is 16.7. The Bertz CT molecular complexity index is 1510. The van der Waals surface area contributed by atoms with Gasteiger partial charge in [-0.05, 0) is 56.0 Å². The van der Waals surface area contributed by atoms with E-state index in [4.69, 9.17) is 20.2 Å². The maximum absolute atomic E-state index is 8.56. The van der Waals surface area contributed by atoms with Crippen LogP contribution >= 0.6 is 0 Å². The van der Waals surface area contributed by atoms with E-state index in [1.54, 1.807) is 13.8 Å². The Labute approximate surface area is 226 Å². The summed E-state index contributed by atoms with van der Waals surface area (Å²) in [7, 11) is 0. The molecule has 0 aliphatic rings. The van der Waals surface area contributed by atoms with Gasteiger partial charge in [0.05, 0.1) is 23.4 Å². The van der Waals surface area contributed by atoms with Crippen molar-refractivity contribution in [1.82, 2.24) is 9.97 Å². The molecule has 1 radical (unpaired) electrons. The first-order valence-corrected chi connectivity index (χ1v) is 12.1. The van der Waals surface area contributed by atoms with E-state index in [0.717, 1.165) is 33.1 Å². The number of nitrogens with zero attached hydrogens (tertiary/aromatic N) is 2. The van der Waals surface area contributed by atoms with E-state index in [2.05, 4.69) is 64.1 Å². The van der Waals surface area contributed by atoms with E-state index in [1.807, 2.05) is 24.4 Å². The van der Waals surface area contributed by atoms with Crippen LogP contribution in [0.15, 0.2) is 54.7 Å². The van der Waals surface area contributed by atoms with Crippen molar-refractivity contribution < 1.29 is 30.3 Å². The minimum atomic E-state index is -0.375. The average Bonchev–Trinajstić information content (AvgIpc) is 2.83. The van der Waals surface area contributed by atoms with Gasteiger partial charge < -0.3 is 15.2 Å². The number of hydrogen-bond acceptors (Lipinski definition) is 4. The fraction of sp³-hybridized carbons (Fsp3) is 0.290. The van der Waals surface area contributed by atoms with Gasteiger partial charge in [-0.15, -0.1) is 28.6 Å². The van der Waals surface area contributed by atoms with Crippen LogP contribution in [0.3, 0.4) is 0 Å². The Morgan fingerprint density at radius 2 is 1.44 bits per heavy atom. The second kappa shape index (κ2) is 11.6. The summed E-state index contributed by atoms with van der Waals surface area (Å²) in [6, 6.07) is 20.2. The van der Waals surface area contributed by atoms with E-state index < -0.39 is 0 Å². The molecule has 1 aromatic heterocycles. The second-order valence-corrected chi connectivity index (χ2v) is 9.53. The smallest absolute Gasteiger partial charge is 0.0873 e. The summed E-state index contributed by atoms with van der Waals surface area (Å²) in [5.41, 5.74) is 9.00. The van der Waals surface area contributed by atoms with Crippen molar-refractivity contribution in [2.45, 2.75) is 60.2 Å². The molecular formula is C31H33IrN2O2-. The standard InChI is InChI=1S/C26H21N2.C5H12O2.Ir/c1-15-10-12-20-23(17(15)3)24-18(4)16(2)11-13-21(24)26-25(20)27-14-22(28-26)19-8-6-5-7-9-19;1-4(6)3-5(2)7;/h5-11,13-14H,1-4H3;4-7H,3H2,1-2H3;/q-1;;. The first kappa shape index (κ1) is 27.9. The molecule has 0 saturated carbocycles. The van der Waals surface area contributed by atoms with Crippen molar-refractivity contribution in [3.8, 4) is 11.3 Å². The fourth-order valence-corrected chi connectivity index (χ4v) is 4.58. The number of rotatable bonds is 3. The van der Waals surface area contributed by atoms with Gasteiger partial charge in [0.1, 0.15) is 0 Å². The third-order valence-corrected chi connectivity index (χ3v) is 6.65. The third-order valence-electron chi connectivity index (χ3n) is 6.65. The van der Waals surface area contributed by atoms with E-state index in [1.165, 1.54) is 33.0 Å². The largest absolute Gasteiger partial charge is 0.393 e. The Kier molecular flexibility index (Phi) is 8.97. The van der Waals surface area contributed by atoms with Crippen LogP contribution < -0.4 is 0 Å². The molecule has 0 spiro atoms. The number of aliphatic hydroxyl groups is 2. The summed E-state index contributed by atoms with van der Waals surface area (Å²) in [5, 5.41) is 21.9. The summed E-state index contributed by atoms with van der Waals surface area (Å²) in [4.78, 5) is 9.93. The average molecular weight is 658 g/mol. The molecule has 2 unspecified atom stereocenters. The zero-order valence-electron chi connectivity index (χ0n) is 21.7. The van der Waals surface area contributed by atoms with Gasteiger partial charge in [0, 0.05) is 37.4 Å². The van der Waals surface area contributed by atoms with Gasteiger partial charge in [0.2, 0.25) is 0 Å². The Balaban J connectivity index is 0.000000400. The molecule has 1 heterocycles. The number of aromatic nitrogens is 2. The molecule has 0 fully saturated rings.